The van der Waals surface area contributed by atoms with Gasteiger partial charge in [0, 0.05) is 26.1 Å². The highest BCUT2D eigenvalue weighted by Gasteiger charge is 2.20. The van der Waals surface area contributed by atoms with Crippen LogP contribution in [0, 0.1) is 0 Å². The number of benzene rings is 1. The number of amides is 1. The molecule has 1 saturated heterocycles. The van der Waals surface area contributed by atoms with Gasteiger partial charge in [0.05, 0.1) is 7.11 Å². The van der Waals surface area contributed by atoms with E-state index in [1.54, 1.807) is 14.0 Å². The van der Waals surface area contributed by atoms with E-state index in [0.717, 1.165) is 38.2 Å². The topological polar surface area (TPSA) is 41.6 Å². The van der Waals surface area contributed by atoms with Crippen molar-refractivity contribution in [3.63, 3.8) is 0 Å². The molecule has 0 aromatic heterocycles. The van der Waals surface area contributed by atoms with Gasteiger partial charge < -0.3 is 10.1 Å². The first kappa shape index (κ1) is 13.9. The summed E-state index contributed by atoms with van der Waals surface area (Å²) in [5.74, 6) is 0.954. The lowest BCUT2D eigenvalue weighted by Gasteiger charge is -2.33. The highest BCUT2D eigenvalue weighted by molar-refractivity contribution is 5.73. The second kappa shape index (κ2) is 6.57. The Bertz CT molecular complexity index is 417. The number of hydrogen-bond donors (Lipinski definition) is 1. The van der Waals surface area contributed by atoms with E-state index in [9.17, 15) is 4.79 Å². The molecule has 0 radical (unpaired) electrons. The molecule has 1 aliphatic heterocycles. The highest BCUT2D eigenvalue weighted by atomic mass is 16.5. The predicted molar refractivity (Wildman–Crippen MR) is 75.1 cm³/mol. The summed E-state index contributed by atoms with van der Waals surface area (Å²) in [6.07, 6.45) is 2.22. The molecule has 1 N–H and O–H groups in total. The molecule has 4 nitrogen and oxygen atoms in total. The van der Waals surface area contributed by atoms with Crippen molar-refractivity contribution in [2.75, 3.05) is 20.2 Å². The number of carbonyl (C=O) groups excluding carboxylic acids is 1. The van der Waals surface area contributed by atoms with E-state index in [1.807, 2.05) is 12.1 Å². The summed E-state index contributed by atoms with van der Waals surface area (Å²) < 4.78 is 5.16. The molecule has 1 aliphatic rings. The summed E-state index contributed by atoms with van der Waals surface area (Å²) in [5.41, 5.74) is 1.28. The molecule has 104 valence electrons. The van der Waals surface area contributed by atoms with Crippen LogP contribution in [0.15, 0.2) is 24.3 Å². The molecule has 0 spiro atoms. The van der Waals surface area contributed by atoms with Crippen molar-refractivity contribution in [1.82, 2.24) is 10.2 Å². The fourth-order valence-electron chi connectivity index (χ4n) is 2.59. The minimum Gasteiger partial charge on any atom is -0.497 e. The van der Waals surface area contributed by atoms with Crippen LogP contribution in [0.1, 0.15) is 25.3 Å². The zero-order valence-electron chi connectivity index (χ0n) is 11.7. The number of ether oxygens (including phenoxy) is 1. The maximum atomic E-state index is 11.1. The van der Waals surface area contributed by atoms with Crippen molar-refractivity contribution in [2.24, 2.45) is 0 Å². The van der Waals surface area contributed by atoms with Gasteiger partial charge in [0.1, 0.15) is 5.75 Å². The molecule has 19 heavy (non-hydrogen) atoms. The molecule has 4 heteroatoms. The number of nitrogens with one attached hydrogen (secondary N) is 1. The number of rotatable bonds is 4. The van der Waals surface area contributed by atoms with Crippen molar-refractivity contribution in [2.45, 2.75) is 32.4 Å². The molecule has 1 aromatic rings. The Morgan fingerprint density at radius 1 is 1.42 bits per heavy atom. The van der Waals surface area contributed by atoms with E-state index in [2.05, 4.69) is 22.3 Å². The van der Waals surface area contributed by atoms with E-state index < -0.39 is 0 Å². The van der Waals surface area contributed by atoms with Gasteiger partial charge in [-0.1, -0.05) is 12.1 Å². The normalized spacial score (nSPS) is 20.0. The monoisotopic (exact) mass is 262 g/mol. The standard InChI is InChI=1S/C15H22N2O2/c1-12(18)16-14-4-3-9-17(11-14)10-13-5-7-15(19-2)8-6-13/h5-8,14H,3-4,9-11H2,1-2H3,(H,16,18). The number of hydrogen-bond acceptors (Lipinski definition) is 3. The van der Waals surface area contributed by atoms with Gasteiger partial charge in [0.2, 0.25) is 5.91 Å². The van der Waals surface area contributed by atoms with Crippen LogP contribution >= 0.6 is 0 Å². The molecule has 2 rings (SSSR count). The van der Waals surface area contributed by atoms with Gasteiger partial charge in [0.15, 0.2) is 0 Å². The van der Waals surface area contributed by atoms with E-state index in [1.165, 1.54) is 5.56 Å². The first-order valence-electron chi connectivity index (χ1n) is 6.80. The number of carbonyl (C=O) groups is 1. The Hall–Kier alpha value is -1.55. The number of piperidine rings is 1. The van der Waals surface area contributed by atoms with Gasteiger partial charge in [-0.05, 0) is 37.1 Å². The molecule has 1 aromatic carbocycles. The molecule has 1 amide bonds. The largest absolute Gasteiger partial charge is 0.497 e. The van der Waals surface area contributed by atoms with Gasteiger partial charge in [-0.15, -0.1) is 0 Å². The van der Waals surface area contributed by atoms with Crippen LogP contribution in [-0.2, 0) is 11.3 Å². The van der Waals surface area contributed by atoms with E-state index in [4.69, 9.17) is 4.74 Å². The lowest BCUT2D eigenvalue weighted by Crippen LogP contribution is -2.46. The van der Waals surface area contributed by atoms with E-state index >= 15 is 0 Å². The minimum absolute atomic E-state index is 0.0660. The molecule has 1 atom stereocenters. The fourth-order valence-corrected chi connectivity index (χ4v) is 2.59. The third-order valence-corrected chi connectivity index (χ3v) is 3.48. The molecular formula is C15H22N2O2. The van der Waals surface area contributed by atoms with Crippen LogP contribution in [0.25, 0.3) is 0 Å². The summed E-state index contributed by atoms with van der Waals surface area (Å²) in [5, 5.41) is 3.02. The molecule has 1 heterocycles. The quantitative estimate of drug-likeness (QED) is 0.899. The Morgan fingerprint density at radius 2 is 2.16 bits per heavy atom. The third-order valence-electron chi connectivity index (χ3n) is 3.48. The minimum atomic E-state index is 0.0660. The van der Waals surface area contributed by atoms with Crippen molar-refractivity contribution >= 4 is 5.91 Å². The van der Waals surface area contributed by atoms with Crippen LogP contribution in [0.3, 0.4) is 0 Å². The molecule has 1 unspecified atom stereocenters. The van der Waals surface area contributed by atoms with Gasteiger partial charge in [-0.2, -0.15) is 0 Å². The van der Waals surface area contributed by atoms with Crippen LogP contribution in [-0.4, -0.2) is 37.0 Å². The number of likely N-dealkylation sites (tertiary alicyclic amines) is 1. The Morgan fingerprint density at radius 3 is 2.79 bits per heavy atom. The second-order valence-electron chi connectivity index (χ2n) is 5.12. The maximum Gasteiger partial charge on any atom is 0.217 e. The molecule has 1 fully saturated rings. The molecular weight excluding hydrogens is 240 g/mol. The average molecular weight is 262 g/mol. The fraction of sp³-hybridized carbons (Fsp3) is 0.533. The summed E-state index contributed by atoms with van der Waals surface area (Å²) in [4.78, 5) is 13.5. The van der Waals surface area contributed by atoms with Gasteiger partial charge in [-0.25, -0.2) is 0 Å². The van der Waals surface area contributed by atoms with Crippen molar-refractivity contribution in [3.8, 4) is 5.75 Å². The highest BCUT2D eigenvalue weighted by Crippen LogP contribution is 2.16. The summed E-state index contributed by atoms with van der Waals surface area (Å²) in [6, 6.07) is 8.47. The lowest BCUT2D eigenvalue weighted by molar-refractivity contribution is -0.120. The van der Waals surface area contributed by atoms with Crippen molar-refractivity contribution in [1.29, 1.82) is 0 Å². The van der Waals surface area contributed by atoms with Crippen molar-refractivity contribution < 1.29 is 9.53 Å². The molecule has 0 aliphatic carbocycles. The molecule has 0 saturated carbocycles. The van der Waals surface area contributed by atoms with Crippen LogP contribution in [0.4, 0.5) is 0 Å². The van der Waals surface area contributed by atoms with Crippen LogP contribution in [0.2, 0.25) is 0 Å². The first-order valence-corrected chi connectivity index (χ1v) is 6.80. The van der Waals surface area contributed by atoms with E-state index in [0.29, 0.717) is 6.04 Å². The van der Waals surface area contributed by atoms with Crippen molar-refractivity contribution in [3.05, 3.63) is 29.8 Å². The lowest BCUT2D eigenvalue weighted by atomic mass is 10.0. The van der Waals surface area contributed by atoms with Gasteiger partial charge in [-0.3, -0.25) is 9.69 Å². The molecule has 0 bridgehead atoms. The Kier molecular flexibility index (Phi) is 4.80. The zero-order valence-corrected chi connectivity index (χ0v) is 11.7. The zero-order chi connectivity index (χ0) is 13.7. The SMILES string of the molecule is COc1ccc(CN2CCCC(NC(C)=O)C2)cc1. The third kappa shape index (κ3) is 4.24. The van der Waals surface area contributed by atoms with Gasteiger partial charge in [0.25, 0.3) is 0 Å². The summed E-state index contributed by atoms with van der Waals surface area (Å²) in [6.45, 7) is 4.55. The van der Waals surface area contributed by atoms with Crippen LogP contribution in [0.5, 0.6) is 5.75 Å². The number of methoxy groups -OCH3 is 1. The summed E-state index contributed by atoms with van der Waals surface area (Å²) in [7, 11) is 1.68. The predicted octanol–water partition coefficient (Wildman–Crippen LogP) is 1.80. The van der Waals surface area contributed by atoms with Crippen LogP contribution < -0.4 is 10.1 Å². The maximum absolute atomic E-state index is 11.1. The van der Waals surface area contributed by atoms with Gasteiger partial charge >= 0.3 is 0 Å². The average Bonchev–Trinajstić information content (AvgIpc) is 2.39. The second-order valence-corrected chi connectivity index (χ2v) is 5.12. The Labute approximate surface area is 114 Å². The van der Waals surface area contributed by atoms with E-state index in [-0.39, 0.29) is 5.91 Å². The number of nitrogens with zero attached hydrogens (tertiary/aromatic N) is 1. The smallest absolute Gasteiger partial charge is 0.217 e. The first-order chi connectivity index (χ1) is 9.17. The Balaban J connectivity index is 1.88. The summed E-state index contributed by atoms with van der Waals surface area (Å²) >= 11 is 0.